The van der Waals surface area contributed by atoms with Crippen LogP contribution in [-0.4, -0.2) is 37.7 Å². The second-order valence-corrected chi connectivity index (χ2v) is 7.16. The number of nitrogens with zero attached hydrogens (tertiary/aromatic N) is 2. The molecule has 0 saturated heterocycles. The summed E-state index contributed by atoms with van der Waals surface area (Å²) >= 11 is 6.00. The van der Waals surface area contributed by atoms with Gasteiger partial charge in [-0.25, -0.2) is 17.7 Å². The van der Waals surface area contributed by atoms with Crippen molar-refractivity contribution in [2.24, 2.45) is 0 Å². The zero-order chi connectivity index (χ0) is 16.3. The molecule has 0 atom stereocenters. The number of anilines is 1. The average molecular weight is 340 g/mol. The molecular weight excluding hydrogens is 326 g/mol. The van der Waals surface area contributed by atoms with Gasteiger partial charge in [-0.3, -0.25) is 4.79 Å². The molecule has 1 N–H and O–H groups in total. The molecule has 22 heavy (non-hydrogen) atoms. The SMILES string of the molecule is CN(C)S(=O)(=O)c1ccc(Cl)c(C(=O)Nc2ccccn2)c1. The van der Waals surface area contributed by atoms with Gasteiger partial charge in [0.15, 0.2) is 0 Å². The Kier molecular flexibility index (Phi) is 4.80. The van der Waals surface area contributed by atoms with Gasteiger partial charge in [0, 0.05) is 20.3 Å². The molecule has 1 aromatic heterocycles. The summed E-state index contributed by atoms with van der Waals surface area (Å²) in [6.45, 7) is 0. The van der Waals surface area contributed by atoms with E-state index in [4.69, 9.17) is 11.6 Å². The molecule has 0 radical (unpaired) electrons. The first kappa shape index (κ1) is 16.4. The van der Waals surface area contributed by atoms with E-state index in [1.807, 2.05) is 0 Å². The number of nitrogens with one attached hydrogen (secondary N) is 1. The van der Waals surface area contributed by atoms with Gasteiger partial charge in [-0.1, -0.05) is 17.7 Å². The van der Waals surface area contributed by atoms with Crippen LogP contribution in [0.1, 0.15) is 10.4 Å². The predicted molar refractivity (Wildman–Crippen MR) is 84.5 cm³/mol. The average Bonchev–Trinajstić information content (AvgIpc) is 2.48. The number of pyridine rings is 1. The molecule has 1 aromatic carbocycles. The fourth-order valence-electron chi connectivity index (χ4n) is 1.67. The second-order valence-electron chi connectivity index (χ2n) is 4.60. The maximum Gasteiger partial charge on any atom is 0.258 e. The first-order valence-electron chi connectivity index (χ1n) is 6.27. The first-order chi connectivity index (χ1) is 10.3. The summed E-state index contributed by atoms with van der Waals surface area (Å²) in [7, 11) is -0.815. The summed E-state index contributed by atoms with van der Waals surface area (Å²) in [5.74, 6) is -0.177. The fourth-order valence-corrected chi connectivity index (χ4v) is 2.80. The molecule has 8 heteroatoms. The van der Waals surface area contributed by atoms with Gasteiger partial charge in [0.25, 0.3) is 5.91 Å². The molecule has 0 spiro atoms. The second kappa shape index (κ2) is 6.43. The van der Waals surface area contributed by atoms with Gasteiger partial charge >= 0.3 is 0 Å². The molecule has 0 bridgehead atoms. The van der Waals surface area contributed by atoms with Crippen molar-refractivity contribution in [2.75, 3.05) is 19.4 Å². The van der Waals surface area contributed by atoms with Gasteiger partial charge in [0.1, 0.15) is 5.82 Å². The van der Waals surface area contributed by atoms with Crippen LogP contribution >= 0.6 is 11.6 Å². The maximum absolute atomic E-state index is 12.2. The number of halogens is 1. The van der Waals surface area contributed by atoms with Crippen LogP contribution in [0.5, 0.6) is 0 Å². The lowest BCUT2D eigenvalue weighted by Crippen LogP contribution is -2.23. The molecule has 1 heterocycles. The van der Waals surface area contributed by atoms with E-state index < -0.39 is 15.9 Å². The normalized spacial score (nSPS) is 11.5. The highest BCUT2D eigenvalue weighted by Gasteiger charge is 2.20. The van der Waals surface area contributed by atoms with Crippen molar-refractivity contribution in [3.8, 4) is 0 Å². The summed E-state index contributed by atoms with van der Waals surface area (Å²) in [4.78, 5) is 16.2. The topological polar surface area (TPSA) is 79.4 Å². The van der Waals surface area contributed by atoms with E-state index in [1.54, 1.807) is 18.2 Å². The van der Waals surface area contributed by atoms with Crippen molar-refractivity contribution in [1.82, 2.24) is 9.29 Å². The minimum Gasteiger partial charge on any atom is -0.307 e. The highest BCUT2D eigenvalue weighted by atomic mass is 35.5. The number of hydrogen-bond donors (Lipinski definition) is 1. The third-order valence-electron chi connectivity index (χ3n) is 2.87. The number of carbonyl (C=O) groups is 1. The van der Waals surface area contributed by atoms with E-state index >= 15 is 0 Å². The molecule has 2 rings (SSSR count). The van der Waals surface area contributed by atoms with Crippen LogP contribution in [0.4, 0.5) is 5.82 Å². The lowest BCUT2D eigenvalue weighted by atomic mass is 10.2. The summed E-state index contributed by atoms with van der Waals surface area (Å²) in [6, 6.07) is 9.03. The van der Waals surface area contributed by atoms with Crippen molar-refractivity contribution in [1.29, 1.82) is 0 Å². The Morgan fingerprint density at radius 3 is 2.55 bits per heavy atom. The van der Waals surface area contributed by atoms with Crippen LogP contribution in [0.15, 0.2) is 47.5 Å². The van der Waals surface area contributed by atoms with Crippen LogP contribution in [0, 0.1) is 0 Å². The van der Waals surface area contributed by atoms with Gasteiger partial charge in [-0.2, -0.15) is 0 Å². The minimum absolute atomic E-state index is 0.00642. The van der Waals surface area contributed by atoms with Crippen LogP contribution in [0.25, 0.3) is 0 Å². The largest absolute Gasteiger partial charge is 0.307 e. The van der Waals surface area contributed by atoms with E-state index in [1.165, 1.54) is 38.5 Å². The monoisotopic (exact) mass is 339 g/mol. The zero-order valence-corrected chi connectivity index (χ0v) is 13.5. The Morgan fingerprint density at radius 1 is 1.23 bits per heavy atom. The molecule has 6 nitrogen and oxygen atoms in total. The smallest absolute Gasteiger partial charge is 0.258 e. The highest BCUT2D eigenvalue weighted by molar-refractivity contribution is 7.89. The van der Waals surface area contributed by atoms with Crippen molar-refractivity contribution in [3.63, 3.8) is 0 Å². The van der Waals surface area contributed by atoms with E-state index in [-0.39, 0.29) is 15.5 Å². The molecule has 1 amide bonds. The van der Waals surface area contributed by atoms with Crippen molar-refractivity contribution in [2.45, 2.75) is 4.90 Å². The Labute approximate surface area is 133 Å². The first-order valence-corrected chi connectivity index (χ1v) is 8.08. The predicted octanol–water partition coefficient (Wildman–Crippen LogP) is 2.24. The number of aromatic nitrogens is 1. The Morgan fingerprint density at radius 2 is 1.95 bits per heavy atom. The number of hydrogen-bond acceptors (Lipinski definition) is 4. The molecule has 0 aliphatic heterocycles. The molecule has 0 unspecified atom stereocenters. The van der Waals surface area contributed by atoms with E-state index in [0.717, 1.165) is 4.31 Å². The van der Waals surface area contributed by atoms with Gasteiger partial charge < -0.3 is 5.32 Å². The number of rotatable bonds is 4. The molecular formula is C14H14ClN3O3S. The van der Waals surface area contributed by atoms with Crippen LogP contribution in [0.3, 0.4) is 0 Å². The summed E-state index contributed by atoms with van der Waals surface area (Å²) < 4.78 is 25.3. The number of benzene rings is 1. The quantitative estimate of drug-likeness (QED) is 0.926. The maximum atomic E-state index is 12.2. The van der Waals surface area contributed by atoms with Gasteiger partial charge in [0.05, 0.1) is 15.5 Å². The molecule has 116 valence electrons. The lowest BCUT2D eigenvalue weighted by Gasteiger charge is -2.13. The Hall–Kier alpha value is -1.96. The van der Waals surface area contributed by atoms with E-state index in [2.05, 4.69) is 10.3 Å². The summed E-state index contributed by atoms with van der Waals surface area (Å²) in [5, 5.41) is 2.72. The van der Waals surface area contributed by atoms with Gasteiger partial charge in [0.2, 0.25) is 10.0 Å². The van der Waals surface area contributed by atoms with Gasteiger partial charge in [-0.15, -0.1) is 0 Å². The molecule has 0 aliphatic carbocycles. The van der Waals surface area contributed by atoms with E-state index in [0.29, 0.717) is 5.82 Å². The molecule has 0 aliphatic rings. The van der Waals surface area contributed by atoms with Crippen molar-refractivity contribution < 1.29 is 13.2 Å². The Bertz CT molecular complexity index is 792. The van der Waals surface area contributed by atoms with Gasteiger partial charge in [-0.05, 0) is 30.3 Å². The third-order valence-corrected chi connectivity index (χ3v) is 5.01. The standard InChI is InChI=1S/C14H14ClN3O3S/c1-18(2)22(20,21)10-6-7-12(15)11(9-10)14(19)17-13-5-3-4-8-16-13/h3-9H,1-2H3,(H,16,17,19). The summed E-state index contributed by atoms with van der Waals surface area (Å²) in [5.41, 5.74) is 0.0650. The van der Waals surface area contributed by atoms with Crippen molar-refractivity contribution >= 4 is 33.3 Å². The minimum atomic E-state index is -3.64. The molecule has 2 aromatic rings. The number of sulfonamides is 1. The molecule has 0 fully saturated rings. The third kappa shape index (κ3) is 3.44. The van der Waals surface area contributed by atoms with Crippen LogP contribution < -0.4 is 5.32 Å². The zero-order valence-electron chi connectivity index (χ0n) is 11.9. The number of carbonyl (C=O) groups excluding carboxylic acids is 1. The van der Waals surface area contributed by atoms with Crippen LogP contribution in [0.2, 0.25) is 5.02 Å². The highest BCUT2D eigenvalue weighted by Crippen LogP contribution is 2.22. The van der Waals surface area contributed by atoms with Crippen molar-refractivity contribution in [3.05, 3.63) is 53.2 Å². The van der Waals surface area contributed by atoms with Crippen LogP contribution in [-0.2, 0) is 10.0 Å². The van der Waals surface area contributed by atoms with E-state index in [9.17, 15) is 13.2 Å². The lowest BCUT2D eigenvalue weighted by molar-refractivity contribution is 0.102. The molecule has 0 saturated carbocycles. The summed E-state index contributed by atoms with van der Waals surface area (Å²) in [6.07, 6.45) is 1.53. The fraction of sp³-hybridized carbons (Fsp3) is 0.143. The Balaban J connectivity index is 2.37. The number of amides is 1.